The van der Waals surface area contributed by atoms with E-state index in [0.29, 0.717) is 11.7 Å². The number of ether oxygens (including phenoxy) is 1. The highest BCUT2D eigenvalue weighted by molar-refractivity contribution is 5.73. The van der Waals surface area contributed by atoms with Crippen molar-refractivity contribution in [3.8, 4) is 5.75 Å². The topological polar surface area (TPSA) is 44.1 Å². The van der Waals surface area contributed by atoms with Gasteiger partial charge in [0, 0.05) is 12.4 Å². The first-order valence-electron chi connectivity index (χ1n) is 8.73. The summed E-state index contributed by atoms with van der Waals surface area (Å²) in [5.74, 6) is 1.87. The fourth-order valence-corrected chi connectivity index (χ4v) is 4.06. The largest absolute Gasteiger partial charge is 0.424 e. The van der Waals surface area contributed by atoms with E-state index in [1.54, 1.807) is 12.4 Å². The molecule has 1 aliphatic rings. The Kier molecular flexibility index (Phi) is 4.48. The standard InChI is InChI=1S/C20H26N2O2/c1-5-14-6-7-15-12-16(24-19(23)22-11-10-21-13-22)8-9-17(15)18(14)20(2,3)4/h8-14,18H,5-7H2,1-4H3. The average molecular weight is 326 g/mol. The molecule has 3 rings (SSSR count). The summed E-state index contributed by atoms with van der Waals surface area (Å²) in [6.45, 7) is 9.25. The molecule has 0 radical (unpaired) electrons. The number of nitrogens with zero attached hydrogens (tertiary/aromatic N) is 2. The molecule has 24 heavy (non-hydrogen) atoms. The summed E-state index contributed by atoms with van der Waals surface area (Å²) in [4.78, 5) is 15.9. The molecular formula is C20H26N2O2. The summed E-state index contributed by atoms with van der Waals surface area (Å²) in [6.07, 6.45) is 7.62. The van der Waals surface area contributed by atoms with Gasteiger partial charge < -0.3 is 4.74 Å². The molecule has 0 saturated carbocycles. The van der Waals surface area contributed by atoms with E-state index in [2.05, 4.69) is 38.7 Å². The number of benzene rings is 1. The Bertz CT molecular complexity index is 714. The first-order chi connectivity index (χ1) is 11.4. The van der Waals surface area contributed by atoms with Crippen molar-refractivity contribution in [3.05, 3.63) is 48.0 Å². The molecule has 1 aliphatic carbocycles. The number of hydrogen-bond acceptors (Lipinski definition) is 3. The van der Waals surface area contributed by atoms with Crippen LogP contribution in [-0.2, 0) is 6.42 Å². The van der Waals surface area contributed by atoms with Crippen LogP contribution < -0.4 is 4.74 Å². The minimum atomic E-state index is -0.429. The van der Waals surface area contributed by atoms with Crippen molar-refractivity contribution in [1.29, 1.82) is 0 Å². The fourth-order valence-electron chi connectivity index (χ4n) is 4.06. The monoisotopic (exact) mass is 326 g/mol. The Morgan fingerprint density at radius 1 is 1.38 bits per heavy atom. The lowest BCUT2D eigenvalue weighted by atomic mass is 9.63. The van der Waals surface area contributed by atoms with Crippen molar-refractivity contribution in [1.82, 2.24) is 9.55 Å². The van der Waals surface area contributed by atoms with Gasteiger partial charge in [-0.15, -0.1) is 0 Å². The van der Waals surface area contributed by atoms with Crippen LogP contribution in [0.5, 0.6) is 5.75 Å². The lowest BCUT2D eigenvalue weighted by Gasteiger charge is -2.41. The van der Waals surface area contributed by atoms with Gasteiger partial charge in [0.25, 0.3) is 0 Å². The Morgan fingerprint density at radius 2 is 2.17 bits per heavy atom. The molecule has 0 fully saturated rings. The van der Waals surface area contributed by atoms with Crippen LogP contribution >= 0.6 is 0 Å². The van der Waals surface area contributed by atoms with Crippen LogP contribution in [0.2, 0.25) is 0 Å². The van der Waals surface area contributed by atoms with Gasteiger partial charge in [0.15, 0.2) is 0 Å². The maximum atomic E-state index is 12.1. The summed E-state index contributed by atoms with van der Waals surface area (Å²) in [7, 11) is 0. The predicted molar refractivity (Wildman–Crippen MR) is 94.4 cm³/mol. The van der Waals surface area contributed by atoms with E-state index in [-0.39, 0.29) is 5.41 Å². The highest BCUT2D eigenvalue weighted by atomic mass is 16.6. The molecule has 4 nitrogen and oxygen atoms in total. The van der Waals surface area contributed by atoms with Gasteiger partial charge in [0.1, 0.15) is 12.1 Å². The number of hydrogen-bond donors (Lipinski definition) is 0. The second-order valence-corrected chi connectivity index (χ2v) is 7.75. The first kappa shape index (κ1) is 16.7. The van der Waals surface area contributed by atoms with Crippen LogP contribution in [0.25, 0.3) is 0 Å². The van der Waals surface area contributed by atoms with E-state index in [1.165, 1.54) is 34.9 Å². The van der Waals surface area contributed by atoms with Gasteiger partial charge >= 0.3 is 6.09 Å². The van der Waals surface area contributed by atoms with Crippen molar-refractivity contribution in [3.63, 3.8) is 0 Å². The summed E-state index contributed by atoms with van der Waals surface area (Å²) < 4.78 is 6.82. The van der Waals surface area contributed by atoms with Crippen LogP contribution in [0.15, 0.2) is 36.9 Å². The van der Waals surface area contributed by atoms with Gasteiger partial charge in [0.05, 0.1) is 0 Å². The Hall–Kier alpha value is -2.10. The number of carbonyl (C=O) groups is 1. The summed E-state index contributed by atoms with van der Waals surface area (Å²) in [5.41, 5.74) is 2.96. The minimum absolute atomic E-state index is 0.227. The predicted octanol–water partition coefficient (Wildman–Crippen LogP) is 5.03. The van der Waals surface area contributed by atoms with Crippen molar-refractivity contribution < 1.29 is 9.53 Å². The molecule has 0 aliphatic heterocycles. The summed E-state index contributed by atoms with van der Waals surface area (Å²) in [6, 6.07) is 6.11. The molecule has 1 aromatic heterocycles. The highest BCUT2D eigenvalue weighted by Crippen LogP contribution is 2.48. The van der Waals surface area contributed by atoms with Crippen molar-refractivity contribution in [2.75, 3.05) is 0 Å². The first-order valence-corrected chi connectivity index (χ1v) is 8.73. The van der Waals surface area contributed by atoms with Gasteiger partial charge in [-0.25, -0.2) is 14.3 Å². The van der Waals surface area contributed by atoms with Gasteiger partial charge in [-0.1, -0.05) is 40.2 Å². The van der Waals surface area contributed by atoms with Gasteiger partial charge in [-0.2, -0.15) is 0 Å². The maximum absolute atomic E-state index is 12.1. The molecule has 2 unspecified atom stereocenters. The van der Waals surface area contributed by atoms with E-state index in [9.17, 15) is 4.79 Å². The van der Waals surface area contributed by atoms with Crippen molar-refractivity contribution in [2.24, 2.45) is 11.3 Å². The van der Waals surface area contributed by atoms with E-state index < -0.39 is 6.09 Å². The van der Waals surface area contributed by atoms with Gasteiger partial charge in [-0.3, -0.25) is 0 Å². The Morgan fingerprint density at radius 3 is 2.79 bits per heavy atom. The van der Waals surface area contributed by atoms with Crippen LogP contribution in [0, 0.1) is 11.3 Å². The Balaban J connectivity index is 1.87. The van der Waals surface area contributed by atoms with Crippen LogP contribution in [-0.4, -0.2) is 15.6 Å². The molecule has 1 aromatic carbocycles. The zero-order valence-electron chi connectivity index (χ0n) is 15.0. The van der Waals surface area contributed by atoms with Crippen LogP contribution in [0.3, 0.4) is 0 Å². The molecule has 2 atom stereocenters. The fraction of sp³-hybridized carbons (Fsp3) is 0.500. The number of fused-ring (bicyclic) bond motifs is 1. The number of rotatable bonds is 2. The Labute approximate surface area is 143 Å². The number of carbonyl (C=O) groups excluding carboxylic acids is 1. The summed E-state index contributed by atoms with van der Waals surface area (Å²) in [5, 5.41) is 0. The second-order valence-electron chi connectivity index (χ2n) is 7.75. The van der Waals surface area contributed by atoms with E-state index >= 15 is 0 Å². The summed E-state index contributed by atoms with van der Waals surface area (Å²) >= 11 is 0. The lowest BCUT2D eigenvalue weighted by molar-refractivity contribution is 0.200. The zero-order chi connectivity index (χ0) is 17.3. The molecule has 4 heteroatoms. The number of aromatic nitrogens is 2. The SMILES string of the molecule is CCC1CCc2cc(OC(=O)n3ccnc3)ccc2C1C(C)(C)C. The molecule has 128 valence electrons. The molecule has 0 saturated heterocycles. The van der Waals surface area contributed by atoms with Crippen molar-refractivity contribution >= 4 is 6.09 Å². The minimum Gasteiger partial charge on any atom is -0.410 e. The van der Waals surface area contributed by atoms with Crippen LogP contribution in [0.4, 0.5) is 4.79 Å². The van der Waals surface area contributed by atoms with E-state index in [0.717, 1.165) is 12.3 Å². The zero-order valence-corrected chi connectivity index (χ0v) is 15.0. The number of imidazole rings is 1. The molecular weight excluding hydrogens is 300 g/mol. The average Bonchev–Trinajstić information content (AvgIpc) is 3.07. The molecule has 0 N–H and O–H groups in total. The third-order valence-corrected chi connectivity index (χ3v) is 5.08. The maximum Gasteiger partial charge on any atom is 0.424 e. The van der Waals surface area contributed by atoms with Gasteiger partial charge in [-0.05, 0) is 53.4 Å². The third-order valence-electron chi connectivity index (χ3n) is 5.08. The molecule has 1 heterocycles. The smallest absolute Gasteiger partial charge is 0.410 e. The highest BCUT2D eigenvalue weighted by Gasteiger charge is 2.36. The second kappa shape index (κ2) is 6.42. The molecule has 0 amide bonds. The normalized spacial score (nSPS) is 20.5. The van der Waals surface area contributed by atoms with E-state index in [1.807, 2.05) is 12.1 Å². The third kappa shape index (κ3) is 3.23. The molecule has 2 aromatic rings. The molecule has 0 spiro atoms. The number of aryl methyl sites for hydroxylation is 1. The van der Waals surface area contributed by atoms with E-state index in [4.69, 9.17) is 4.74 Å². The lowest BCUT2D eigenvalue weighted by Crippen LogP contribution is -2.30. The van der Waals surface area contributed by atoms with Crippen molar-refractivity contribution in [2.45, 2.75) is 52.9 Å². The van der Waals surface area contributed by atoms with Crippen LogP contribution in [0.1, 0.15) is 57.6 Å². The molecule has 0 bridgehead atoms. The quantitative estimate of drug-likeness (QED) is 0.777. The van der Waals surface area contributed by atoms with Gasteiger partial charge in [0.2, 0.25) is 0 Å².